The average molecular weight is 210 g/mol. The zero-order chi connectivity index (χ0) is 10.4. The lowest BCUT2D eigenvalue weighted by Crippen LogP contribution is -1.89. The van der Waals surface area contributed by atoms with E-state index in [0.717, 1.165) is 17.9 Å². The van der Waals surface area contributed by atoms with Crippen LogP contribution in [-0.4, -0.2) is 15.7 Å². The van der Waals surface area contributed by atoms with Gasteiger partial charge in [0, 0.05) is 6.07 Å². The number of nitrogens with zero attached hydrogens (tertiary/aromatic N) is 2. The predicted octanol–water partition coefficient (Wildman–Crippen LogP) is 2.32. The lowest BCUT2D eigenvalue weighted by molar-refractivity contribution is -0.385. The van der Waals surface area contributed by atoms with E-state index in [1.54, 1.807) is 6.07 Å². The van der Waals surface area contributed by atoms with Gasteiger partial charge < -0.3 is 0 Å². The molecule has 0 fully saturated rings. The zero-order valence-electron chi connectivity index (χ0n) is 7.46. The zero-order valence-corrected chi connectivity index (χ0v) is 8.35. The number of pyridine rings is 1. The summed E-state index contributed by atoms with van der Waals surface area (Å²) in [7, 11) is 0. The first-order valence-corrected chi connectivity index (χ1v) is 4.75. The molecule has 0 aliphatic rings. The third-order valence-corrected chi connectivity index (χ3v) is 1.82. The number of rotatable bonds is 4. The summed E-state index contributed by atoms with van der Waals surface area (Å²) in [6.45, 7) is 0. The fourth-order valence-corrected chi connectivity index (χ4v) is 1.03. The minimum Gasteiger partial charge on any atom is -0.258 e. The molecule has 0 aliphatic carbocycles. The van der Waals surface area contributed by atoms with Gasteiger partial charge in [-0.1, -0.05) is 6.08 Å². The molecule has 0 N–H and O–H groups in total. The maximum absolute atomic E-state index is 10.3. The van der Waals surface area contributed by atoms with Crippen molar-refractivity contribution in [3.05, 3.63) is 40.2 Å². The molecule has 0 aromatic carbocycles. The fourth-order valence-electron chi connectivity index (χ4n) is 0.883. The third kappa shape index (κ3) is 3.18. The lowest BCUT2D eigenvalue weighted by atomic mass is 10.3. The van der Waals surface area contributed by atoms with Crippen molar-refractivity contribution in [3.8, 4) is 0 Å². The molecule has 0 saturated heterocycles. The van der Waals surface area contributed by atoms with Crippen LogP contribution in [0.5, 0.6) is 0 Å². The summed E-state index contributed by atoms with van der Waals surface area (Å²) in [5.74, 6) is 0.781. The Morgan fingerprint density at radius 2 is 2.36 bits per heavy atom. The highest BCUT2D eigenvalue weighted by Gasteiger charge is 2.02. The van der Waals surface area contributed by atoms with Crippen molar-refractivity contribution < 1.29 is 4.92 Å². The van der Waals surface area contributed by atoms with Gasteiger partial charge in [-0.15, -0.1) is 0 Å². The molecule has 0 saturated carbocycles. The highest BCUT2D eigenvalue weighted by atomic mass is 32.1. The molecule has 74 valence electrons. The molecule has 0 bridgehead atoms. The Morgan fingerprint density at radius 3 is 2.86 bits per heavy atom. The van der Waals surface area contributed by atoms with Gasteiger partial charge >= 0.3 is 0 Å². The summed E-state index contributed by atoms with van der Waals surface area (Å²) < 4.78 is 0. The molecule has 0 spiro atoms. The molecule has 1 rings (SSSR count). The minimum absolute atomic E-state index is 0.0105. The highest BCUT2D eigenvalue weighted by Crippen LogP contribution is 2.09. The molecule has 0 unspecified atom stereocenters. The first-order valence-electron chi connectivity index (χ1n) is 4.12. The summed E-state index contributed by atoms with van der Waals surface area (Å²) in [4.78, 5) is 13.8. The SMILES string of the molecule is O=[N+]([O-])c1ccc(C=CCCS)nc1. The van der Waals surface area contributed by atoms with Gasteiger partial charge in [0.05, 0.1) is 10.6 Å². The summed E-state index contributed by atoms with van der Waals surface area (Å²) in [5, 5.41) is 10.3. The van der Waals surface area contributed by atoms with Gasteiger partial charge in [-0.2, -0.15) is 12.6 Å². The quantitative estimate of drug-likeness (QED) is 0.471. The summed E-state index contributed by atoms with van der Waals surface area (Å²) in [5.41, 5.74) is 0.730. The lowest BCUT2D eigenvalue weighted by Gasteiger charge is -1.92. The van der Waals surface area contributed by atoms with Crippen LogP contribution in [0.1, 0.15) is 12.1 Å². The van der Waals surface area contributed by atoms with Crippen molar-refractivity contribution in [2.24, 2.45) is 0 Å². The van der Waals surface area contributed by atoms with Gasteiger partial charge in [0.2, 0.25) is 0 Å². The van der Waals surface area contributed by atoms with Crippen molar-refractivity contribution in [1.82, 2.24) is 4.98 Å². The van der Waals surface area contributed by atoms with Crippen molar-refractivity contribution in [2.75, 3.05) is 5.75 Å². The normalized spacial score (nSPS) is 10.6. The van der Waals surface area contributed by atoms with E-state index in [9.17, 15) is 10.1 Å². The van der Waals surface area contributed by atoms with Crippen LogP contribution < -0.4 is 0 Å². The van der Waals surface area contributed by atoms with Crippen LogP contribution in [0.4, 0.5) is 5.69 Å². The van der Waals surface area contributed by atoms with Gasteiger partial charge in [-0.05, 0) is 24.3 Å². The van der Waals surface area contributed by atoms with Crippen molar-refractivity contribution in [3.63, 3.8) is 0 Å². The molecular weight excluding hydrogens is 200 g/mol. The van der Waals surface area contributed by atoms with Crippen LogP contribution in [0.2, 0.25) is 0 Å². The molecular formula is C9H10N2O2S. The fraction of sp³-hybridized carbons (Fsp3) is 0.222. The smallest absolute Gasteiger partial charge is 0.258 e. The second-order valence-electron chi connectivity index (χ2n) is 2.61. The molecule has 1 heterocycles. The number of allylic oxidation sites excluding steroid dienone is 1. The number of hydrogen-bond acceptors (Lipinski definition) is 4. The van der Waals surface area contributed by atoms with Gasteiger partial charge in [-0.25, -0.2) is 4.98 Å². The van der Waals surface area contributed by atoms with E-state index in [1.807, 2.05) is 12.2 Å². The molecule has 0 atom stereocenters. The van der Waals surface area contributed by atoms with Gasteiger partial charge in [0.15, 0.2) is 0 Å². The number of aromatic nitrogens is 1. The Labute approximate surface area is 87.2 Å². The second-order valence-corrected chi connectivity index (χ2v) is 3.06. The second kappa shape index (κ2) is 5.39. The van der Waals surface area contributed by atoms with Gasteiger partial charge in [0.25, 0.3) is 5.69 Å². The third-order valence-electron chi connectivity index (χ3n) is 1.57. The molecule has 0 aliphatic heterocycles. The monoisotopic (exact) mass is 210 g/mol. The first kappa shape index (κ1) is 10.7. The first-order chi connectivity index (χ1) is 6.74. The Bertz CT molecular complexity index is 335. The molecule has 1 aromatic heterocycles. The Balaban J connectivity index is 2.68. The summed E-state index contributed by atoms with van der Waals surface area (Å²) in [6, 6.07) is 3.06. The number of nitro groups is 1. The molecule has 5 heteroatoms. The minimum atomic E-state index is -0.464. The van der Waals surface area contributed by atoms with Crippen LogP contribution >= 0.6 is 12.6 Å². The molecule has 1 aromatic rings. The predicted molar refractivity (Wildman–Crippen MR) is 58.4 cm³/mol. The standard InChI is InChI=1S/C9H10N2O2S/c12-11(13)9-5-4-8(10-7-9)3-1-2-6-14/h1,3-5,7,14H,2,6H2. The van der Waals surface area contributed by atoms with Crippen molar-refractivity contribution in [2.45, 2.75) is 6.42 Å². The topological polar surface area (TPSA) is 56.0 Å². The Morgan fingerprint density at radius 1 is 1.57 bits per heavy atom. The Hall–Kier alpha value is -1.36. The van der Waals surface area contributed by atoms with Crippen LogP contribution in [-0.2, 0) is 0 Å². The maximum atomic E-state index is 10.3. The van der Waals surface area contributed by atoms with E-state index in [4.69, 9.17) is 0 Å². The molecule has 14 heavy (non-hydrogen) atoms. The summed E-state index contributed by atoms with van der Waals surface area (Å²) >= 11 is 4.05. The van der Waals surface area contributed by atoms with E-state index in [0.29, 0.717) is 0 Å². The highest BCUT2D eigenvalue weighted by molar-refractivity contribution is 7.80. The van der Waals surface area contributed by atoms with E-state index in [1.165, 1.54) is 12.3 Å². The Kier molecular flexibility index (Phi) is 4.12. The van der Waals surface area contributed by atoms with Crippen LogP contribution in [0, 0.1) is 10.1 Å². The van der Waals surface area contributed by atoms with Crippen LogP contribution in [0.3, 0.4) is 0 Å². The molecule has 4 nitrogen and oxygen atoms in total. The van der Waals surface area contributed by atoms with E-state index in [-0.39, 0.29) is 5.69 Å². The van der Waals surface area contributed by atoms with Crippen LogP contribution in [0.15, 0.2) is 24.4 Å². The largest absolute Gasteiger partial charge is 0.287 e. The average Bonchev–Trinajstić information content (AvgIpc) is 2.19. The van der Waals surface area contributed by atoms with E-state index < -0.39 is 4.92 Å². The number of thiol groups is 1. The molecule has 0 radical (unpaired) electrons. The van der Waals surface area contributed by atoms with Crippen molar-refractivity contribution in [1.29, 1.82) is 0 Å². The van der Waals surface area contributed by atoms with Crippen LogP contribution in [0.25, 0.3) is 6.08 Å². The van der Waals surface area contributed by atoms with Crippen molar-refractivity contribution >= 4 is 24.4 Å². The summed E-state index contributed by atoms with van der Waals surface area (Å²) in [6.07, 6.45) is 5.86. The van der Waals surface area contributed by atoms with E-state index >= 15 is 0 Å². The maximum Gasteiger partial charge on any atom is 0.287 e. The van der Waals surface area contributed by atoms with Gasteiger partial charge in [0.1, 0.15) is 6.20 Å². The number of hydrogen-bond donors (Lipinski definition) is 1. The van der Waals surface area contributed by atoms with E-state index in [2.05, 4.69) is 17.6 Å². The molecule has 0 amide bonds. The van der Waals surface area contributed by atoms with Gasteiger partial charge in [-0.3, -0.25) is 10.1 Å².